The fourth-order valence-corrected chi connectivity index (χ4v) is 3.43. The van der Waals surface area contributed by atoms with Crippen molar-refractivity contribution in [2.75, 3.05) is 13.6 Å². The van der Waals surface area contributed by atoms with Crippen molar-refractivity contribution in [2.45, 2.75) is 31.2 Å². The lowest BCUT2D eigenvalue weighted by molar-refractivity contribution is 0.575. The van der Waals surface area contributed by atoms with Crippen LogP contribution >= 0.6 is 0 Å². The van der Waals surface area contributed by atoms with Gasteiger partial charge in [0.2, 0.25) is 10.0 Å². The fourth-order valence-electron chi connectivity index (χ4n) is 2.00. The molecule has 116 valence electrons. The van der Waals surface area contributed by atoms with E-state index in [9.17, 15) is 8.42 Å². The van der Waals surface area contributed by atoms with Crippen LogP contribution in [0.15, 0.2) is 11.2 Å². The van der Waals surface area contributed by atoms with E-state index in [1.807, 2.05) is 0 Å². The summed E-state index contributed by atoms with van der Waals surface area (Å²) in [6.45, 7) is 2.40. The molecule has 0 fully saturated rings. The normalized spacial score (nSPS) is 11.9. The van der Waals surface area contributed by atoms with Crippen LogP contribution in [0, 0.1) is 6.92 Å². The summed E-state index contributed by atoms with van der Waals surface area (Å²) in [7, 11) is -1.83. The Bertz CT molecular complexity index is 663. The molecule has 2 aromatic heterocycles. The van der Waals surface area contributed by atoms with E-state index in [-0.39, 0.29) is 4.90 Å². The van der Waals surface area contributed by atoms with Crippen molar-refractivity contribution in [3.05, 3.63) is 23.5 Å². The van der Waals surface area contributed by atoms with Gasteiger partial charge in [0.15, 0.2) is 0 Å². The topological polar surface area (TPSA) is 128 Å². The minimum Gasteiger partial charge on any atom is -0.314 e. The second kappa shape index (κ2) is 6.78. The lowest BCUT2D eigenvalue weighted by Crippen LogP contribution is -2.27. The summed E-state index contributed by atoms with van der Waals surface area (Å²) in [5.41, 5.74) is 1.01. The summed E-state index contributed by atoms with van der Waals surface area (Å²) >= 11 is 0. The first kappa shape index (κ1) is 15.6. The standard InChI is InChI=1S/C11H19N7O2S/c1-8-11(9(6-12-2)17-16-8)21(19,20)15-5-3-4-10-13-7-14-18-10/h7,12,15H,3-6H2,1-2H3,(H,16,17)(H,13,14,18). The van der Waals surface area contributed by atoms with E-state index in [1.54, 1.807) is 14.0 Å². The molecule has 10 heteroatoms. The van der Waals surface area contributed by atoms with Crippen LogP contribution in [0.3, 0.4) is 0 Å². The van der Waals surface area contributed by atoms with E-state index >= 15 is 0 Å². The molecule has 2 aromatic rings. The minimum absolute atomic E-state index is 0.219. The Kier molecular flexibility index (Phi) is 5.04. The Balaban J connectivity index is 1.96. The smallest absolute Gasteiger partial charge is 0.244 e. The maximum absolute atomic E-state index is 12.3. The molecule has 0 amide bonds. The van der Waals surface area contributed by atoms with Gasteiger partial charge >= 0.3 is 0 Å². The molecule has 0 bridgehead atoms. The quantitative estimate of drug-likeness (QED) is 0.485. The van der Waals surface area contributed by atoms with Crippen LogP contribution < -0.4 is 10.0 Å². The molecule has 0 aliphatic heterocycles. The monoisotopic (exact) mass is 313 g/mol. The minimum atomic E-state index is -3.57. The summed E-state index contributed by atoms with van der Waals surface area (Å²) in [5.74, 6) is 0.740. The predicted octanol–water partition coefficient (Wildman–Crippen LogP) is -0.533. The SMILES string of the molecule is CNCc1n[nH]c(C)c1S(=O)(=O)NCCCc1ncn[nH]1. The Morgan fingerprint density at radius 3 is 2.81 bits per heavy atom. The molecule has 4 N–H and O–H groups in total. The summed E-state index contributed by atoms with van der Waals surface area (Å²) in [6.07, 6.45) is 2.70. The van der Waals surface area contributed by atoms with Gasteiger partial charge < -0.3 is 5.32 Å². The van der Waals surface area contributed by atoms with Gasteiger partial charge in [0.05, 0.1) is 11.4 Å². The number of aryl methyl sites for hydroxylation is 2. The first-order valence-electron chi connectivity index (χ1n) is 6.57. The van der Waals surface area contributed by atoms with Crippen LogP contribution in [-0.2, 0) is 23.0 Å². The van der Waals surface area contributed by atoms with Crippen molar-refractivity contribution in [1.29, 1.82) is 0 Å². The van der Waals surface area contributed by atoms with Crippen LogP contribution in [0.4, 0.5) is 0 Å². The third-order valence-electron chi connectivity index (χ3n) is 2.92. The molecule has 0 radical (unpaired) electrons. The van der Waals surface area contributed by atoms with Crippen molar-refractivity contribution in [2.24, 2.45) is 0 Å². The molecule has 0 saturated carbocycles. The van der Waals surface area contributed by atoms with Crippen molar-refractivity contribution in [3.8, 4) is 0 Å². The number of hydrogen-bond donors (Lipinski definition) is 4. The molecular weight excluding hydrogens is 294 g/mol. The van der Waals surface area contributed by atoms with Gasteiger partial charge in [-0.3, -0.25) is 10.2 Å². The van der Waals surface area contributed by atoms with Gasteiger partial charge in [-0.25, -0.2) is 18.1 Å². The van der Waals surface area contributed by atoms with Crippen molar-refractivity contribution >= 4 is 10.0 Å². The zero-order chi connectivity index (χ0) is 15.3. The average molecular weight is 313 g/mol. The summed E-state index contributed by atoms with van der Waals surface area (Å²) in [6, 6.07) is 0. The number of H-pyrrole nitrogens is 2. The molecule has 0 aliphatic rings. The lowest BCUT2D eigenvalue weighted by Gasteiger charge is -2.07. The van der Waals surface area contributed by atoms with E-state index in [2.05, 4.69) is 35.4 Å². The highest BCUT2D eigenvalue weighted by Crippen LogP contribution is 2.17. The second-order valence-electron chi connectivity index (χ2n) is 4.59. The van der Waals surface area contributed by atoms with E-state index in [0.717, 1.165) is 5.82 Å². The maximum Gasteiger partial charge on any atom is 0.244 e. The third kappa shape index (κ3) is 3.86. The molecule has 0 aliphatic carbocycles. The lowest BCUT2D eigenvalue weighted by atomic mass is 10.3. The largest absolute Gasteiger partial charge is 0.314 e. The van der Waals surface area contributed by atoms with Gasteiger partial charge in [0.1, 0.15) is 17.0 Å². The highest BCUT2D eigenvalue weighted by atomic mass is 32.2. The summed E-state index contributed by atoms with van der Waals surface area (Å²) in [4.78, 5) is 4.20. The van der Waals surface area contributed by atoms with E-state index < -0.39 is 10.0 Å². The number of aromatic amines is 2. The zero-order valence-corrected chi connectivity index (χ0v) is 12.8. The molecule has 21 heavy (non-hydrogen) atoms. The van der Waals surface area contributed by atoms with Gasteiger partial charge in [-0.1, -0.05) is 0 Å². The number of sulfonamides is 1. The van der Waals surface area contributed by atoms with Crippen molar-refractivity contribution < 1.29 is 8.42 Å². The van der Waals surface area contributed by atoms with E-state index in [4.69, 9.17) is 0 Å². The van der Waals surface area contributed by atoms with E-state index in [1.165, 1.54) is 6.33 Å². The zero-order valence-electron chi connectivity index (χ0n) is 12.0. The molecule has 0 aromatic carbocycles. The maximum atomic E-state index is 12.3. The third-order valence-corrected chi connectivity index (χ3v) is 4.58. The first-order chi connectivity index (χ1) is 10.0. The molecule has 9 nitrogen and oxygen atoms in total. The summed E-state index contributed by atoms with van der Waals surface area (Å²) < 4.78 is 27.3. The van der Waals surface area contributed by atoms with Crippen molar-refractivity contribution in [1.82, 2.24) is 35.4 Å². The molecule has 2 heterocycles. The average Bonchev–Trinajstić information content (AvgIpc) is 3.05. The number of rotatable bonds is 8. The fraction of sp³-hybridized carbons (Fsp3) is 0.545. The predicted molar refractivity (Wildman–Crippen MR) is 76.0 cm³/mol. The van der Waals surface area contributed by atoms with Crippen LogP contribution in [0.5, 0.6) is 0 Å². The highest BCUT2D eigenvalue weighted by Gasteiger charge is 2.23. The molecule has 0 saturated heterocycles. The highest BCUT2D eigenvalue weighted by molar-refractivity contribution is 7.89. The van der Waals surface area contributed by atoms with E-state index in [0.29, 0.717) is 37.3 Å². The van der Waals surface area contributed by atoms with Crippen LogP contribution in [0.2, 0.25) is 0 Å². The second-order valence-corrected chi connectivity index (χ2v) is 6.29. The number of aromatic nitrogens is 5. The van der Waals surface area contributed by atoms with Crippen LogP contribution in [-0.4, -0.2) is 47.4 Å². The van der Waals surface area contributed by atoms with Gasteiger partial charge in [-0.15, -0.1) is 0 Å². The first-order valence-corrected chi connectivity index (χ1v) is 8.05. The number of nitrogens with one attached hydrogen (secondary N) is 4. The molecule has 0 spiro atoms. The van der Waals surface area contributed by atoms with Gasteiger partial charge in [0, 0.05) is 19.5 Å². The molecular formula is C11H19N7O2S. The van der Waals surface area contributed by atoms with Gasteiger partial charge in [-0.2, -0.15) is 10.2 Å². The number of hydrogen-bond acceptors (Lipinski definition) is 6. The Hall–Kier alpha value is -1.78. The molecule has 0 unspecified atom stereocenters. The Morgan fingerprint density at radius 1 is 1.33 bits per heavy atom. The summed E-state index contributed by atoms with van der Waals surface area (Å²) in [5, 5.41) is 16.1. The Labute approximate surface area is 123 Å². The van der Waals surface area contributed by atoms with Gasteiger partial charge in [-0.05, 0) is 20.4 Å². The van der Waals surface area contributed by atoms with Crippen LogP contribution in [0.1, 0.15) is 23.6 Å². The van der Waals surface area contributed by atoms with Gasteiger partial charge in [0.25, 0.3) is 0 Å². The molecule has 2 rings (SSSR count). The number of nitrogens with zero attached hydrogens (tertiary/aromatic N) is 3. The van der Waals surface area contributed by atoms with Crippen LogP contribution in [0.25, 0.3) is 0 Å². The van der Waals surface area contributed by atoms with Crippen molar-refractivity contribution in [3.63, 3.8) is 0 Å². The molecule has 0 atom stereocenters. The Morgan fingerprint density at radius 2 is 2.14 bits per heavy atom.